The lowest BCUT2D eigenvalue weighted by Crippen LogP contribution is -2.44. The SMILES string of the molecule is N=C(N)C1CCC2N=C(CC3=NC4CCC(C(=N)N)CC4N3)NC2C1. The second kappa shape index (κ2) is 6.31. The first-order chi connectivity index (χ1) is 12.0. The highest BCUT2D eigenvalue weighted by molar-refractivity contribution is 6.04. The Morgan fingerprint density at radius 3 is 1.68 bits per heavy atom. The number of hydrogen-bond acceptors (Lipinski definition) is 6. The lowest BCUT2D eigenvalue weighted by atomic mass is 9.82. The highest BCUT2D eigenvalue weighted by Gasteiger charge is 2.39. The predicted molar refractivity (Wildman–Crippen MR) is 99.4 cm³/mol. The van der Waals surface area contributed by atoms with Gasteiger partial charge in [0.1, 0.15) is 11.7 Å². The first-order valence-electron chi connectivity index (χ1n) is 9.34. The van der Waals surface area contributed by atoms with Crippen molar-refractivity contribution >= 4 is 23.3 Å². The summed E-state index contributed by atoms with van der Waals surface area (Å²) < 4.78 is 0. The predicted octanol–water partition coefficient (Wildman–Crippen LogP) is 0.326. The number of nitrogens with two attached hydrogens (primary N) is 2. The molecule has 0 aromatic rings. The fourth-order valence-corrected chi connectivity index (χ4v) is 4.75. The minimum atomic E-state index is 0.191. The molecule has 8 nitrogen and oxygen atoms in total. The lowest BCUT2D eigenvalue weighted by molar-refractivity contribution is 0.340. The number of hydrogen-bond donors (Lipinski definition) is 6. The Bertz CT molecular complexity index is 585. The van der Waals surface area contributed by atoms with Crippen molar-refractivity contribution < 1.29 is 0 Å². The van der Waals surface area contributed by atoms with Gasteiger partial charge in [-0.2, -0.15) is 0 Å². The Labute approximate surface area is 147 Å². The summed E-state index contributed by atoms with van der Waals surface area (Å²) in [5.41, 5.74) is 11.4. The van der Waals surface area contributed by atoms with Crippen molar-refractivity contribution in [3.63, 3.8) is 0 Å². The summed E-state index contributed by atoms with van der Waals surface area (Å²) in [5.74, 6) is 3.01. The number of nitrogens with one attached hydrogen (secondary N) is 4. The van der Waals surface area contributed by atoms with Crippen molar-refractivity contribution in [1.29, 1.82) is 10.8 Å². The van der Waals surface area contributed by atoms with Crippen LogP contribution in [0.5, 0.6) is 0 Å². The van der Waals surface area contributed by atoms with E-state index >= 15 is 0 Å². The molecule has 0 aromatic carbocycles. The molecule has 8 heteroatoms. The zero-order valence-electron chi connectivity index (χ0n) is 14.5. The first kappa shape index (κ1) is 16.4. The fraction of sp³-hybridized carbons (Fsp3) is 0.765. The highest BCUT2D eigenvalue weighted by atomic mass is 15.2. The molecule has 0 radical (unpaired) electrons. The van der Waals surface area contributed by atoms with Crippen LogP contribution in [0.2, 0.25) is 0 Å². The Morgan fingerprint density at radius 2 is 1.28 bits per heavy atom. The Hall–Kier alpha value is -2.12. The Morgan fingerprint density at radius 1 is 0.840 bits per heavy atom. The summed E-state index contributed by atoms with van der Waals surface area (Å²) in [6.45, 7) is 0. The van der Waals surface area contributed by atoms with E-state index in [-0.39, 0.29) is 11.8 Å². The van der Waals surface area contributed by atoms with Crippen LogP contribution in [-0.4, -0.2) is 47.5 Å². The van der Waals surface area contributed by atoms with E-state index in [0.717, 1.165) is 56.6 Å². The average Bonchev–Trinajstić information content (AvgIpc) is 3.15. The van der Waals surface area contributed by atoms with Crippen LogP contribution in [0, 0.1) is 22.7 Å². The van der Waals surface area contributed by atoms with Crippen molar-refractivity contribution in [2.45, 2.75) is 69.1 Å². The lowest BCUT2D eigenvalue weighted by Gasteiger charge is -2.30. The minimum Gasteiger partial charge on any atom is -0.387 e. The van der Waals surface area contributed by atoms with E-state index in [4.69, 9.17) is 32.3 Å². The summed E-state index contributed by atoms with van der Waals surface area (Å²) in [6.07, 6.45) is 6.44. The topological polar surface area (TPSA) is 149 Å². The van der Waals surface area contributed by atoms with Crippen molar-refractivity contribution in [1.82, 2.24) is 10.6 Å². The second-order valence-corrected chi connectivity index (χ2v) is 7.90. The molecule has 0 bridgehead atoms. The van der Waals surface area contributed by atoms with Gasteiger partial charge < -0.3 is 22.1 Å². The standard InChI is InChI=1S/C17H28N8/c18-16(19)8-1-3-10-12(5-8)24-14(22-10)7-15-23-11-4-2-9(17(20)21)6-13(11)25-15/h8-13H,1-7H2,(H3,18,19)(H3,20,21)(H,22,24)(H,23,25). The molecular weight excluding hydrogens is 316 g/mol. The van der Waals surface area contributed by atoms with E-state index < -0.39 is 0 Å². The summed E-state index contributed by atoms with van der Waals surface area (Å²) in [7, 11) is 0. The summed E-state index contributed by atoms with van der Waals surface area (Å²) in [6, 6.07) is 1.25. The third-order valence-corrected chi connectivity index (χ3v) is 6.19. The molecule has 2 aliphatic heterocycles. The first-order valence-corrected chi connectivity index (χ1v) is 9.34. The number of amidine groups is 4. The van der Waals surface area contributed by atoms with Crippen molar-refractivity contribution in [2.75, 3.05) is 0 Å². The van der Waals surface area contributed by atoms with Gasteiger partial charge in [-0.1, -0.05) is 0 Å². The van der Waals surface area contributed by atoms with E-state index in [1.165, 1.54) is 0 Å². The van der Waals surface area contributed by atoms with Gasteiger partial charge in [-0.15, -0.1) is 0 Å². The van der Waals surface area contributed by atoms with Gasteiger partial charge in [0.2, 0.25) is 0 Å². The van der Waals surface area contributed by atoms with Crippen LogP contribution < -0.4 is 22.1 Å². The molecule has 4 rings (SSSR count). The largest absolute Gasteiger partial charge is 0.387 e. The van der Waals surface area contributed by atoms with Gasteiger partial charge in [-0.3, -0.25) is 20.8 Å². The molecule has 136 valence electrons. The maximum Gasteiger partial charge on any atom is 0.105 e. The maximum absolute atomic E-state index is 7.67. The molecule has 2 fully saturated rings. The molecule has 2 saturated carbocycles. The summed E-state index contributed by atoms with van der Waals surface area (Å²) in [5, 5.41) is 22.4. The van der Waals surface area contributed by atoms with E-state index in [9.17, 15) is 0 Å². The minimum absolute atomic E-state index is 0.191. The number of nitrogens with zero attached hydrogens (tertiary/aromatic N) is 2. The molecule has 6 unspecified atom stereocenters. The van der Waals surface area contributed by atoms with E-state index in [1.54, 1.807) is 0 Å². The van der Waals surface area contributed by atoms with Crippen molar-refractivity contribution in [2.24, 2.45) is 33.3 Å². The zero-order chi connectivity index (χ0) is 17.6. The molecule has 6 atom stereocenters. The number of rotatable bonds is 4. The summed E-state index contributed by atoms with van der Waals surface area (Å²) >= 11 is 0. The van der Waals surface area contributed by atoms with Gasteiger partial charge in [-0.05, 0) is 38.5 Å². The van der Waals surface area contributed by atoms with Gasteiger partial charge in [0.25, 0.3) is 0 Å². The van der Waals surface area contributed by atoms with Gasteiger partial charge in [0, 0.05) is 11.8 Å². The molecule has 4 aliphatic rings. The van der Waals surface area contributed by atoms with E-state index in [2.05, 4.69) is 10.6 Å². The number of fused-ring (bicyclic) bond motifs is 2. The van der Waals surface area contributed by atoms with Gasteiger partial charge in [0.05, 0.1) is 42.3 Å². The molecule has 25 heavy (non-hydrogen) atoms. The Kier molecular flexibility index (Phi) is 4.13. The highest BCUT2D eigenvalue weighted by Crippen LogP contribution is 2.31. The molecule has 0 spiro atoms. The third kappa shape index (κ3) is 3.21. The third-order valence-electron chi connectivity index (χ3n) is 6.19. The maximum atomic E-state index is 7.67. The van der Waals surface area contributed by atoms with Crippen LogP contribution in [0.1, 0.15) is 44.9 Å². The molecule has 2 heterocycles. The molecular formula is C17H28N8. The average molecular weight is 344 g/mol. The molecule has 8 N–H and O–H groups in total. The van der Waals surface area contributed by atoms with Gasteiger partial charge in [-0.25, -0.2) is 0 Å². The molecule has 0 aromatic heterocycles. The molecule has 2 aliphatic carbocycles. The fourth-order valence-electron chi connectivity index (χ4n) is 4.75. The van der Waals surface area contributed by atoms with Gasteiger partial charge >= 0.3 is 0 Å². The van der Waals surface area contributed by atoms with Crippen LogP contribution >= 0.6 is 0 Å². The quantitative estimate of drug-likeness (QED) is 0.322. The zero-order valence-corrected chi connectivity index (χ0v) is 14.5. The monoisotopic (exact) mass is 344 g/mol. The van der Waals surface area contributed by atoms with Crippen LogP contribution in [0.25, 0.3) is 0 Å². The van der Waals surface area contributed by atoms with Crippen LogP contribution in [0.4, 0.5) is 0 Å². The molecule has 0 amide bonds. The van der Waals surface area contributed by atoms with Crippen LogP contribution in [-0.2, 0) is 0 Å². The van der Waals surface area contributed by atoms with Crippen molar-refractivity contribution in [3.8, 4) is 0 Å². The number of aliphatic imine (C=N–C) groups is 2. The van der Waals surface area contributed by atoms with Crippen molar-refractivity contribution in [3.05, 3.63) is 0 Å². The van der Waals surface area contributed by atoms with Gasteiger partial charge in [0.15, 0.2) is 0 Å². The van der Waals surface area contributed by atoms with Crippen LogP contribution in [0.3, 0.4) is 0 Å². The Balaban J connectivity index is 1.34. The van der Waals surface area contributed by atoms with Crippen LogP contribution in [0.15, 0.2) is 9.98 Å². The summed E-state index contributed by atoms with van der Waals surface area (Å²) in [4.78, 5) is 9.69. The van der Waals surface area contributed by atoms with E-state index in [1.807, 2.05) is 0 Å². The van der Waals surface area contributed by atoms with E-state index in [0.29, 0.717) is 35.8 Å². The molecule has 0 saturated heterocycles. The second-order valence-electron chi connectivity index (χ2n) is 7.90. The normalized spacial score (nSPS) is 39.4. The smallest absolute Gasteiger partial charge is 0.105 e.